The van der Waals surface area contributed by atoms with Gasteiger partial charge in [-0.3, -0.25) is 9.10 Å². The second-order valence-electron chi connectivity index (χ2n) is 6.09. The summed E-state index contributed by atoms with van der Waals surface area (Å²) in [5, 5.41) is 2.78. The van der Waals surface area contributed by atoms with Crippen LogP contribution in [0.4, 0.5) is 5.69 Å². The average Bonchev–Trinajstić information content (AvgIpc) is 2.67. The van der Waals surface area contributed by atoms with Gasteiger partial charge in [-0.25, -0.2) is 8.42 Å². The van der Waals surface area contributed by atoms with E-state index in [9.17, 15) is 13.2 Å². The Balaban J connectivity index is 1.88. The first kappa shape index (κ1) is 18.4. The molecule has 0 radical (unpaired) electrons. The van der Waals surface area contributed by atoms with Crippen molar-refractivity contribution in [3.8, 4) is 0 Å². The Kier molecular flexibility index (Phi) is 5.58. The Bertz CT molecular complexity index is 882. The lowest BCUT2D eigenvalue weighted by Gasteiger charge is -2.30. The molecule has 0 unspecified atom stereocenters. The third-order valence-electron chi connectivity index (χ3n) is 4.34. The highest BCUT2D eigenvalue weighted by Crippen LogP contribution is 2.32. The predicted molar refractivity (Wildman–Crippen MR) is 99.9 cm³/mol. The van der Waals surface area contributed by atoms with E-state index >= 15 is 0 Å². The van der Waals surface area contributed by atoms with E-state index in [0.717, 1.165) is 12.0 Å². The normalized spacial score (nSPS) is 14.0. The minimum absolute atomic E-state index is 0.187. The lowest BCUT2D eigenvalue weighted by atomic mass is 10.0. The van der Waals surface area contributed by atoms with E-state index in [4.69, 9.17) is 4.74 Å². The van der Waals surface area contributed by atoms with Crippen LogP contribution in [0.2, 0.25) is 0 Å². The molecule has 0 atom stereocenters. The fourth-order valence-electron chi connectivity index (χ4n) is 3.04. The van der Waals surface area contributed by atoms with Gasteiger partial charge in [0.15, 0.2) is 0 Å². The second kappa shape index (κ2) is 7.88. The molecular formula is C19H22N2O4S. The van der Waals surface area contributed by atoms with E-state index in [-0.39, 0.29) is 10.8 Å². The molecule has 0 fully saturated rings. The third kappa shape index (κ3) is 3.73. The van der Waals surface area contributed by atoms with Gasteiger partial charge in [-0.05, 0) is 48.7 Å². The number of ether oxygens (including phenoxy) is 1. The summed E-state index contributed by atoms with van der Waals surface area (Å²) < 4.78 is 32.3. The zero-order chi connectivity index (χ0) is 18.6. The highest BCUT2D eigenvalue weighted by Gasteiger charge is 2.29. The fourth-order valence-corrected chi connectivity index (χ4v) is 4.60. The molecule has 1 amide bonds. The van der Waals surface area contributed by atoms with E-state index in [1.165, 1.54) is 4.31 Å². The van der Waals surface area contributed by atoms with Gasteiger partial charge >= 0.3 is 0 Å². The monoisotopic (exact) mass is 374 g/mol. The number of carbonyl (C=O) groups excluding carboxylic acids is 1. The highest BCUT2D eigenvalue weighted by atomic mass is 32.2. The number of carbonyl (C=O) groups is 1. The van der Waals surface area contributed by atoms with Crippen LogP contribution in [0.25, 0.3) is 0 Å². The standard InChI is InChI=1S/C19H22N2O4S/c1-25-13-11-20-19(22)16-9-10-18-15(14-16)6-5-12-21(18)26(23,24)17-7-3-2-4-8-17/h2-4,7-10,14H,5-6,11-13H2,1H3,(H,20,22). The molecule has 1 N–H and O–H groups in total. The third-order valence-corrected chi connectivity index (χ3v) is 6.17. The zero-order valence-electron chi connectivity index (χ0n) is 14.6. The summed E-state index contributed by atoms with van der Waals surface area (Å²) >= 11 is 0. The molecule has 0 saturated carbocycles. The van der Waals surface area contributed by atoms with Gasteiger partial charge in [-0.15, -0.1) is 0 Å². The Morgan fingerprint density at radius 1 is 1.19 bits per heavy atom. The van der Waals surface area contributed by atoms with Crippen LogP contribution >= 0.6 is 0 Å². The molecule has 6 nitrogen and oxygen atoms in total. The van der Waals surface area contributed by atoms with E-state index in [2.05, 4.69) is 5.32 Å². The molecule has 2 aromatic rings. The van der Waals surface area contributed by atoms with Crippen LogP contribution < -0.4 is 9.62 Å². The molecule has 0 aliphatic carbocycles. The lowest BCUT2D eigenvalue weighted by molar-refractivity contribution is 0.0937. The van der Waals surface area contributed by atoms with E-state index < -0.39 is 10.0 Å². The molecule has 0 aromatic heterocycles. The van der Waals surface area contributed by atoms with Crippen molar-refractivity contribution in [1.29, 1.82) is 0 Å². The van der Waals surface area contributed by atoms with Gasteiger partial charge in [-0.1, -0.05) is 18.2 Å². The van der Waals surface area contributed by atoms with E-state index in [0.29, 0.717) is 37.4 Å². The zero-order valence-corrected chi connectivity index (χ0v) is 15.5. The van der Waals surface area contributed by atoms with Gasteiger partial charge < -0.3 is 10.1 Å². The van der Waals surface area contributed by atoms with E-state index in [1.807, 2.05) is 0 Å². The van der Waals surface area contributed by atoms with Crippen LogP contribution in [0.5, 0.6) is 0 Å². The van der Waals surface area contributed by atoms with Crippen LogP contribution in [-0.4, -0.2) is 41.1 Å². The summed E-state index contributed by atoms with van der Waals surface area (Å²) in [6, 6.07) is 13.6. The van der Waals surface area contributed by atoms with Crippen molar-refractivity contribution >= 4 is 21.6 Å². The van der Waals surface area contributed by atoms with Crippen LogP contribution in [0, 0.1) is 0 Å². The summed E-state index contributed by atoms with van der Waals surface area (Å²) in [6.45, 7) is 1.31. The van der Waals surface area contributed by atoms with Gasteiger partial charge in [0.2, 0.25) is 0 Å². The van der Waals surface area contributed by atoms with Gasteiger partial charge in [0, 0.05) is 25.8 Å². The molecule has 1 aliphatic rings. The van der Waals surface area contributed by atoms with Crippen molar-refractivity contribution in [3.63, 3.8) is 0 Å². The average molecular weight is 374 g/mol. The highest BCUT2D eigenvalue weighted by molar-refractivity contribution is 7.92. The van der Waals surface area contributed by atoms with Gasteiger partial charge in [-0.2, -0.15) is 0 Å². The Morgan fingerprint density at radius 3 is 2.69 bits per heavy atom. The molecule has 0 spiro atoms. The molecule has 1 aliphatic heterocycles. The summed E-state index contributed by atoms with van der Waals surface area (Å²) in [7, 11) is -2.03. The largest absolute Gasteiger partial charge is 0.383 e. The Labute approximate surface area is 153 Å². The summed E-state index contributed by atoms with van der Waals surface area (Å²) in [5.41, 5.74) is 2.04. The van der Waals surface area contributed by atoms with Crippen LogP contribution in [0.15, 0.2) is 53.4 Å². The number of rotatable bonds is 6. The maximum atomic E-state index is 13.0. The number of anilines is 1. The number of nitrogens with zero attached hydrogens (tertiary/aromatic N) is 1. The number of benzene rings is 2. The first-order chi connectivity index (χ1) is 12.5. The number of amides is 1. The minimum atomic E-state index is -3.61. The molecule has 26 heavy (non-hydrogen) atoms. The molecule has 2 aromatic carbocycles. The number of hydrogen-bond acceptors (Lipinski definition) is 4. The smallest absolute Gasteiger partial charge is 0.264 e. The number of nitrogens with one attached hydrogen (secondary N) is 1. The minimum Gasteiger partial charge on any atom is -0.383 e. The molecule has 7 heteroatoms. The fraction of sp³-hybridized carbons (Fsp3) is 0.316. The molecule has 138 valence electrons. The van der Waals surface area contributed by atoms with Crippen molar-refractivity contribution < 1.29 is 17.9 Å². The molecule has 1 heterocycles. The van der Waals surface area contributed by atoms with Gasteiger partial charge in [0.25, 0.3) is 15.9 Å². The molecule has 0 saturated heterocycles. The second-order valence-corrected chi connectivity index (χ2v) is 7.95. The number of fused-ring (bicyclic) bond motifs is 1. The van der Waals surface area contributed by atoms with Crippen molar-refractivity contribution in [1.82, 2.24) is 5.32 Å². The maximum Gasteiger partial charge on any atom is 0.264 e. The van der Waals surface area contributed by atoms with Gasteiger partial charge in [0.05, 0.1) is 17.2 Å². The summed E-state index contributed by atoms with van der Waals surface area (Å²) in [4.78, 5) is 12.5. The van der Waals surface area contributed by atoms with Crippen LogP contribution in [-0.2, 0) is 21.2 Å². The molecule has 3 rings (SSSR count). The predicted octanol–water partition coefficient (Wildman–Crippen LogP) is 2.20. The maximum absolute atomic E-state index is 13.0. The topological polar surface area (TPSA) is 75.7 Å². The molecule has 0 bridgehead atoms. The quantitative estimate of drug-likeness (QED) is 0.787. The summed E-state index contributed by atoms with van der Waals surface area (Å²) in [6.07, 6.45) is 1.46. The van der Waals surface area contributed by atoms with Crippen LogP contribution in [0.3, 0.4) is 0 Å². The summed E-state index contributed by atoms with van der Waals surface area (Å²) in [5.74, 6) is -0.187. The van der Waals surface area contributed by atoms with Gasteiger partial charge in [0.1, 0.15) is 0 Å². The van der Waals surface area contributed by atoms with Crippen molar-refractivity contribution in [2.75, 3.05) is 31.1 Å². The van der Waals surface area contributed by atoms with Crippen molar-refractivity contribution in [3.05, 3.63) is 59.7 Å². The number of methoxy groups -OCH3 is 1. The molecular weight excluding hydrogens is 352 g/mol. The lowest BCUT2D eigenvalue weighted by Crippen LogP contribution is -2.35. The van der Waals surface area contributed by atoms with Crippen LogP contribution in [0.1, 0.15) is 22.3 Å². The Morgan fingerprint density at radius 2 is 1.96 bits per heavy atom. The number of hydrogen-bond donors (Lipinski definition) is 1. The number of aryl methyl sites for hydroxylation is 1. The Hall–Kier alpha value is -2.38. The van der Waals surface area contributed by atoms with E-state index in [1.54, 1.807) is 55.6 Å². The number of sulfonamides is 1. The van der Waals surface area contributed by atoms with Crippen molar-refractivity contribution in [2.24, 2.45) is 0 Å². The first-order valence-corrected chi connectivity index (χ1v) is 9.96. The van der Waals surface area contributed by atoms with Crippen molar-refractivity contribution in [2.45, 2.75) is 17.7 Å². The first-order valence-electron chi connectivity index (χ1n) is 8.52. The SMILES string of the molecule is COCCNC(=O)c1ccc2c(c1)CCCN2S(=O)(=O)c1ccccc1.